The van der Waals surface area contributed by atoms with Crippen molar-refractivity contribution in [2.24, 2.45) is 0 Å². The molecule has 0 aliphatic carbocycles. The highest BCUT2D eigenvalue weighted by molar-refractivity contribution is 6.19. The van der Waals surface area contributed by atoms with Gasteiger partial charge in [-0.25, -0.2) is 0 Å². The van der Waals surface area contributed by atoms with Crippen LogP contribution in [0.15, 0.2) is 83.3 Å². The average molecular weight is 319 g/mol. The average Bonchev–Trinajstić information content (AvgIpc) is 3.06. The number of nitrogens with zero attached hydrogens (tertiary/aromatic N) is 1. The highest BCUT2D eigenvalue weighted by Crippen LogP contribution is 2.39. The van der Waals surface area contributed by atoms with E-state index in [2.05, 4.69) is 30.3 Å². The summed E-state index contributed by atoms with van der Waals surface area (Å²) in [6, 6.07) is 28.6. The molecule has 0 aliphatic rings. The van der Waals surface area contributed by atoms with E-state index in [1.165, 1.54) is 0 Å². The molecule has 2 nitrogen and oxygen atoms in total. The predicted octanol–water partition coefficient (Wildman–Crippen LogP) is 6.28. The van der Waals surface area contributed by atoms with Crippen LogP contribution < -0.4 is 0 Å². The molecular weight excluding hydrogens is 306 g/mol. The minimum Gasteiger partial charge on any atom is -0.455 e. The Labute approximate surface area is 144 Å². The van der Waals surface area contributed by atoms with E-state index in [0.29, 0.717) is 5.56 Å². The first-order valence-electron chi connectivity index (χ1n) is 8.19. The lowest BCUT2D eigenvalue weighted by atomic mass is 9.95. The number of fused-ring (bicyclic) bond motifs is 5. The van der Waals surface area contributed by atoms with Crippen LogP contribution in [-0.4, -0.2) is 0 Å². The van der Waals surface area contributed by atoms with Gasteiger partial charge in [0.25, 0.3) is 0 Å². The minimum absolute atomic E-state index is 0.669. The van der Waals surface area contributed by atoms with Gasteiger partial charge in [0, 0.05) is 16.2 Å². The fourth-order valence-electron chi connectivity index (χ4n) is 3.51. The van der Waals surface area contributed by atoms with Gasteiger partial charge in [-0.2, -0.15) is 5.26 Å². The van der Waals surface area contributed by atoms with Crippen LogP contribution in [-0.2, 0) is 0 Å². The van der Waals surface area contributed by atoms with Gasteiger partial charge in [-0.05, 0) is 40.8 Å². The molecule has 4 aromatic carbocycles. The van der Waals surface area contributed by atoms with Gasteiger partial charge in [0.05, 0.1) is 11.6 Å². The molecule has 1 heterocycles. The number of nitriles is 1. The smallest absolute Gasteiger partial charge is 0.143 e. The van der Waals surface area contributed by atoms with Crippen LogP contribution >= 0.6 is 0 Å². The summed E-state index contributed by atoms with van der Waals surface area (Å²) in [4.78, 5) is 0. The predicted molar refractivity (Wildman–Crippen MR) is 101 cm³/mol. The summed E-state index contributed by atoms with van der Waals surface area (Å²) in [5, 5.41) is 13.5. The summed E-state index contributed by atoms with van der Waals surface area (Å²) in [6.45, 7) is 0. The van der Waals surface area contributed by atoms with Crippen LogP contribution in [0.5, 0.6) is 0 Å². The Balaban J connectivity index is 1.93. The largest absolute Gasteiger partial charge is 0.455 e. The lowest BCUT2D eigenvalue weighted by Gasteiger charge is -2.08. The second-order valence-corrected chi connectivity index (χ2v) is 6.13. The van der Waals surface area contributed by atoms with Crippen molar-refractivity contribution in [3.8, 4) is 17.2 Å². The Bertz CT molecular complexity index is 1290. The summed E-state index contributed by atoms with van der Waals surface area (Å²) in [6.07, 6.45) is 0. The first-order valence-corrected chi connectivity index (χ1v) is 8.19. The van der Waals surface area contributed by atoms with Crippen molar-refractivity contribution < 1.29 is 4.42 Å². The molecule has 0 fully saturated rings. The van der Waals surface area contributed by atoms with Crippen LogP contribution in [0.25, 0.3) is 43.8 Å². The van der Waals surface area contributed by atoms with Crippen LogP contribution in [0.4, 0.5) is 0 Å². The van der Waals surface area contributed by atoms with Crippen LogP contribution in [0.3, 0.4) is 0 Å². The quantitative estimate of drug-likeness (QED) is 0.365. The molecule has 116 valence electrons. The molecule has 0 N–H and O–H groups in total. The maximum absolute atomic E-state index is 9.04. The SMILES string of the molecule is N#Cc1ccc(-c2cc3c4ccccc4oc3c3ccccc23)cc1. The number of rotatable bonds is 1. The zero-order chi connectivity index (χ0) is 16.8. The molecule has 5 aromatic rings. The molecule has 0 saturated carbocycles. The third kappa shape index (κ3) is 2.03. The van der Waals surface area contributed by atoms with Crippen LogP contribution in [0.2, 0.25) is 0 Å². The lowest BCUT2D eigenvalue weighted by molar-refractivity contribution is 0.672. The van der Waals surface area contributed by atoms with Crippen molar-refractivity contribution in [2.45, 2.75) is 0 Å². The van der Waals surface area contributed by atoms with Gasteiger partial charge < -0.3 is 4.42 Å². The van der Waals surface area contributed by atoms with E-state index in [0.717, 1.165) is 43.8 Å². The Kier molecular flexibility index (Phi) is 2.89. The molecule has 0 spiro atoms. The van der Waals surface area contributed by atoms with E-state index in [4.69, 9.17) is 9.68 Å². The molecular formula is C23H13NO. The second kappa shape index (κ2) is 5.22. The first-order chi connectivity index (χ1) is 12.3. The Morgan fingerprint density at radius 2 is 1.36 bits per heavy atom. The maximum atomic E-state index is 9.04. The van der Waals surface area contributed by atoms with E-state index in [9.17, 15) is 0 Å². The van der Waals surface area contributed by atoms with E-state index >= 15 is 0 Å². The number of hydrogen-bond acceptors (Lipinski definition) is 2. The summed E-state index contributed by atoms with van der Waals surface area (Å²) in [5.41, 5.74) is 4.75. The molecule has 2 heteroatoms. The standard InChI is InChI=1S/C23H13NO/c24-14-15-9-11-16(12-10-15)20-13-21-18-6-3-4-8-22(18)25-23(21)19-7-2-1-5-17(19)20/h1-13H. The molecule has 0 saturated heterocycles. The van der Waals surface area contributed by atoms with E-state index in [1.807, 2.05) is 54.6 Å². The fourth-order valence-corrected chi connectivity index (χ4v) is 3.51. The van der Waals surface area contributed by atoms with Gasteiger partial charge in [-0.1, -0.05) is 54.6 Å². The summed E-state index contributed by atoms with van der Waals surface area (Å²) in [5.74, 6) is 0. The number of furan rings is 1. The number of hydrogen-bond donors (Lipinski definition) is 0. The molecule has 0 radical (unpaired) electrons. The third-order valence-corrected chi connectivity index (χ3v) is 4.71. The fraction of sp³-hybridized carbons (Fsp3) is 0. The minimum atomic E-state index is 0.669. The Morgan fingerprint density at radius 3 is 2.12 bits per heavy atom. The normalized spacial score (nSPS) is 11.2. The van der Waals surface area contributed by atoms with Crippen molar-refractivity contribution >= 4 is 32.7 Å². The third-order valence-electron chi connectivity index (χ3n) is 4.71. The maximum Gasteiger partial charge on any atom is 0.143 e. The summed E-state index contributed by atoms with van der Waals surface area (Å²) < 4.78 is 6.15. The Hall–Kier alpha value is -3.57. The number of para-hydroxylation sites is 1. The second-order valence-electron chi connectivity index (χ2n) is 6.13. The van der Waals surface area contributed by atoms with Gasteiger partial charge in [0.2, 0.25) is 0 Å². The van der Waals surface area contributed by atoms with Gasteiger partial charge in [0.1, 0.15) is 11.2 Å². The summed E-state index contributed by atoms with van der Waals surface area (Å²) >= 11 is 0. The summed E-state index contributed by atoms with van der Waals surface area (Å²) in [7, 11) is 0. The monoisotopic (exact) mass is 319 g/mol. The van der Waals surface area contributed by atoms with E-state index < -0.39 is 0 Å². The van der Waals surface area contributed by atoms with Crippen molar-refractivity contribution in [3.05, 3.63) is 84.4 Å². The van der Waals surface area contributed by atoms with Crippen LogP contribution in [0.1, 0.15) is 5.56 Å². The molecule has 5 rings (SSSR count). The van der Waals surface area contributed by atoms with Gasteiger partial charge in [-0.3, -0.25) is 0 Å². The zero-order valence-corrected chi connectivity index (χ0v) is 13.4. The van der Waals surface area contributed by atoms with Gasteiger partial charge in [0.15, 0.2) is 0 Å². The molecule has 25 heavy (non-hydrogen) atoms. The number of benzene rings is 4. The molecule has 0 amide bonds. The molecule has 0 atom stereocenters. The van der Waals surface area contributed by atoms with Crippen LogP contribution in [0, 0.1) is 11.3 Å². The van der Waals surface area contributed by atoms with Crippen molar-refractivity contribution in [1.82, 2.24) is 0 Å². The molecule has 0 bridgehead atoms. The van der Waals surface area contributed by atoms with Crippen molar-refractivity contribution in [2.75, 3.05) is 0 Å². The topological polar surface area (TPSA) is 36.9 Å². The Morgan fingerprint density at radius 1 is 0.680 bits per heavy atom. The van der Waals surface area contributed by atoms with Gasteiger partial charge >= 0.3 is 0 Å². The molecule has 0 unspecified atom stereocenters. The van der Waals surface area contributed by atoms with E-state index in [-0.39, 0.29) is 0 Å². The first kappa shape index (κ1) is 13.8. The van der Waals surface area contributed by atoms with Crippen molar-refractivity contribution in [1.29, 1.82) is 5.26 Å². The molecule has 1 aromatic heterocycles. The molecule has 0 aliphatic heterocycles. The highest BCUT2D eigenvalue weighted by Gasteiger charge is 2.14. The lowest BCUT2D eigenvalue weighted by Crippen LogP contribution is -1.83. The van der Waals surface area contributed by atoms with E-state index in [1.54, 1.807) is 0 Å². The zero-order valence-electron chi connectivity index (χ0n) is 13.4. The highest BCUT2D eigenvalue weighted by atomic mass is 16.3. The van der Waals surface area contributed by atoms with Crippen molar-refractivity contribution in [3.63, 3.8) is 0 Å². The van der Waals surface area contributed by atoms with Gasteiger partial charge in [-0.15, -0.1) is 0 Å².